The molecular formula is C16H22N4O3S. The molecule has 24 heavy (non-hydrogen) atoms. The first kappa shape index (κ1) is 18.0. The second-order valence-corrected chi connectivity index (χ2v) is 6.41. The molecule has 0 radical (unpaired) electrons. The number of nitrogen functional groups attached to an aromatic ring is 2. The Kier molecular flexibility index (Phi) is 6.36. The number of aromatic nitrogens is 2. The van der Waals surface area contributed by atoms with Gasteiger partial charge in [-0.25, -0.2) is 4.79 Å². The SMILES string of the molecule is COC(=O)c1cc(CCCCCCc2c(N)nc(N)nc2O)cs1. The van der Waals surface area contributed by atoms with Gasteiger partial charge in [0.15, 0.2) is 0 Å². The quantitative estimate of drug-likeness (QED) is 0.493. The standard InChI is InChI=1S/C16H22N4O3S/c1-23-15(22)12-8-10(9-24-12)6-4-2-3-5-7-11-13(17)19-16(18)20-14(11)21/h8-9H,2-7H2,1H3,(H5,17,18,19,20,21). The van der Waals surface area contributed by atoms with Crippen molar-refractivity contribution in [3.63, 3.8) is 0 Å². The number of aryl methyl sites for hydroxylation is 1. The molecule has 0 aliphatic rings. The number of methoxy groups -OCH3 is 1. The van der Waals surface area contributed by atoms with Gasteiger partial charge in [-0.1, -0.05) is 12.8 Å². The number of carbonyl (C=O) groups is 1. The number of aromatic hydroxyl groups is 1. The van der Waals surface area contributed by atoms with Crippen molar-refractivity contribution in [3.8, 4) is 5.88 Å². The summed E-state index contributed by atoms with van der Waals surface area (Å²) in [6, 6.07) is 1.89. The highest BCUT2D eigenvalue weighted by Gasteiger charge is 2.10. The largest absolute Gasteiger partial charge is 0.493 e. The highest BCUT2D eigenvalue weighted by atomic mass is 32.1. The summed E-state index contributed by atoms with van der Waals surface area (Å²) in [6.45, 7) is 0. The average molecular weight is 350 g/mol. The fourth-order valence-electron chi connectivity index (χ4n) is 2.45. The van der Waals surface area contributed by atoms with Crippen molar-refractivity contribution < 1.29 is 14.6 Å². The maximum atomic E-state index is 11.4. The van der Waals surface area contributed by atoms with E-state index in [2.05, 4.69) is 9.97 Å². The molecule has 0 fully saturated rings. The number of nitrogens with zero attached hydrogens (tertiary/aromatic N) is 2. The van der Waals surface area contributed by atoms with Crippen molar-refractivity contribution in [3.05, 3.63) is 27.5 Å². The highest BCUT2D eigenvalue weighted by Crippen LogP contribution is 2.23. The second kappa shape index (κ2) is 8.49. The number of rotatable bonds is 8. The van der Waals surface area contributed by atoms with Gasteiger partial charge in [0, 0.05) is 0 Å². The van der Waals surface area contributed by atoms with Gasteiger partial charge in [0.05, 0.1) is 12.7 Å². The number of unbranched alkanes of at least 4 members (excludes halogenated alkanes) is 3. The fourth-order valence-corrected chi connectivity index (χ4v) is 3.31. The number of esters is 1. The van der Waals surface area contributed by atoms with Crippen molar-refractivity contribution >= 4 is 29.1 Å². The first-order valence-corrected chi connectivity index (χ1v) is 8.65. The molecule has 2 aromatic heterocycles. The molecule has 2 rings (SSSR count). The lowest BCUT2D eigenvalue weighted by molar-refractivity contribution is 0.0606. The third kappa shape index (κ3) is 4.82. The van der Waals surface area contributed by atoms with Crippen LogP contribution in [0.15, 0.2) is 11.4 Å². The third-order valence-electron chi connectivity index (χ3n) is 3.72. The van der Waals surface area contributed by atoms with Crippen LogP contribution in [0.4, 0.5) is 11.8 Å². The van der Waals surface area contributed by atoms with E-state index < -0.39 is 0 Å². The molecule has 0 saturated carbocycles. The van der Waals surface area contributed by atoms with Crippen LogP contribution in [-0.2, 0) is 17.6 Å². The van der Waals surface area contributed by atoms with Crippen LogP contribution in [0.2, 0.25) is 0 Å². The van der Waals surface area contributed by atoms with Gasteiger partial charge in [0.1, 0.15) is 10.7 Å². The average Bonchev–Trinajstić information content (AvgIpc) is 3.00. The number of carbonyl (C=O) groups excluding carboxylic acids is 1. The lowest BCUT2D eigenvalue weighted by Gasteiger charge is -2.07. The van der Waals surface area contributed by atoms with Crippen molar-refractivity contribution in [1.29, 1.82) is 0 Å². The van der Waals surface area contributed by atoms with E-state index in [4.69, 9.17) is 16.2 Å². The zero-order valence-corrected chi connectivity index (χ0v) is 14.4. The van der Waals surface area contributed by atoms with Gasteiger partial charge < -0.3 is 21.3 Å². The first-order valence-electron chi connectivity index (χ1n) is 7.77. The Bertz CT molecular complexity index is 679. The minimum absolute atomic E-state index is 0.0177. The highest BCUT2D eigenvalue weighted by molar-refractivity contribution is 7.12. The van der Waals surface area contributed by atoms with Crippen LogP contribution >= 0.6 is 11.3 Å². The smallest absolute Gasteiger partial charge is 0.348 e. The molecule has 0 aliphatic heterocycles. The normalized spacial score (nSPS) is 10.7. The van der Waals surface area contributed by atoms with Crippen LogP contribution in [0.3, 0.4) is 0 Å². The number of hydrogen-bond donors (Lipinski definition) is 3. The van der Waals surface area contributed by atoms with Crippen LogP contribution < -0.4 is 11.5 Å². The molecule has 0 spiro atoms. The molecule has 0 aliphatic carbocycles. The fraction of sp³-hybridized carbons (Fsp3) is 0.438. The molecule has 5 N–H and O–H groups in total. The summed E-state index contributed by atoms with van der Waals surface area (Å²) in [6.07, 6.45) is 5.56. The molecular weight excluding hydrogens is 328 g/mol. The molecule has 2 heterocycles. The summed E-state index contributed by atoms with van der Waals surface area (Å²) in [5.74, 6) is -0.188. The topological polar surface area (TPSA) is 124 Å². The number of ether oxygens (including phenoxy) is 1. The summed E-state index contributed by atoms with van der Waals surface area (Å²) in [4.78, 5) is 19.6. The van der Waals surface area contributed by atoms with Gasteiger partial charge in [-0.2, -0.15) is 9.97 Å². The second-order valence-electron chi connectivity index (χ2n) is 5.49. The van der Waals surface area contributed by atoms with E-state index in [1.807, 2.05) is 11.4 Å². The Labute approximate surface area is 144 Å². The van der Waals surface area contributed by atoms with Crippen LogP contribution in [0.25, 0.3) is 0 Å². The lowest BCUT2D eigenvalue weighted by atomic mass is 10.0. The van der Waals surface area contributed by atoms with E-state index >= 15 is 0 Å². The van der Waals surface area contributed by atoms with Gasteiger partial charge in [-0.15, -0.1) is 11.3 Å². The van der Waals surface area contributed by atoms with Gasteiger partial charge in [-0.3, -0.25) is 0 Å². The lowest BCUT2D eigenvalue weighted by Crippen LogP contribution is -2.04. The minimum atomic E-state index is -0.283. The number of thiophene rings is 1. The Balaban J connectivity index is 1.69. The molecule has 0 atom stereocenters. The van der Waals surface area contributed by atoms with E-state index in [0.29, 0.717) is 16.9 Å². The van der Waals surface area contributed by atoms with Gasteiger partial charge in [0.25, 0.3) is 0 Å². The summed E-state index contributed by atoms with van der Waals surface area (Å²) in [7, 11) is 1.39. The molecule has 0 saturated heterocycles. The monoisotopic (exact) mass is 350 g/mol. The molecule has 7 nitrogen and oxygen atoms in total. The van der Waals surface area contributed by atoms with Crippen molar-refractivity contribution in [2.24, 2.45) is 0 Å². The first-order chi connectivity index (χ1) is 11.5. The van der Waals surface area contributed by atoms with E-state index in [0.717, 1.165) is 37.7 Å². The summed E-state index contributed by atoms with van der Waals surface area (Å²) in [5, 5.41) is 11.7. The van der Waals surface area contributed by atoms with Crippen LogP contribution in [0.1, 0.15) is 46.5 Å². The molecule has 130 valence electrons. The van der Waals surface area contributed by atoms with Crippen molar-refractivity contribution in [2.75, 3.05) is 18.6 Å². The summed E-state index contributed by atoms with van der Waals surface area (Å²) >= 11 is 1.41. The maximum absolute atomic E-state index is 11.4. The van der Waals surface area contributed by atoms with E-state index in [1.54, 1.807) is 0 Å². The number of anilines is 2. The number of nitrogens with two attached hydrogens (primary N) is 2. The maximum Gasteiger partial charge on any atom is 0.348 e. The zero-order chi connectivity index (χ0) is 17.5. The summed E-state index contributed by atoms with van der Waals surface area (Å²) in [5.41, 5.74) is 12.9. The molecule has 0 aromatic carbocycles. The van der Waals surface area contributed by atoms with Gasteiger partial charge in [-0.05, 0) is 42.7 Å². The number of hydrogen-bond acceptors (Lipinski definition) is 8. The minimum Gasteiger partial charge on any atom is -0.493 e. The van der Waals surface area contributed by atoms with Crippen molar-refractivity contribution in [1.82, 2.24) is 9.97 Å². The van der Waals surface area contributed by atoms with Crippen LogP contribution in [0, 0.1) is 0 Å². The van der Waals surface area contributed by atoms with Crippen molar-refractivity contribution in [2.45, 2.75) is 38.5 Å². The summed E-state index contributed by atoms with van der Waals surface area (Å²) < 4.78 is 4.70. The predicted octanol–water partition coefficient (Wildman–Crippen LogP) is 2.54. The molecule has 0 bridgehead atoms. The van der Waals surface area contributed by atoms with Crippen LogP contribution in [0.5, 0.6) is 5.88 Å². The van der Waals surface area contributed by atoms with E-state index in [9.17, 15) is 9.90 Å². The Hall–Kier alpha value is -2.35. The van der Waals surface area contributed by atoms with Gasteiger partial charge in [0.2, 0.25) is 11.8 Å². The predicted molar refractivity (Wildman–Crippen MR) is 94.1 cm³/mol. The Morgan fingerprint density at radius 2 is 1.92 bits per heavy atom. The molecule has 8 heteroatoms. The van der Waals surface area contributed by atoms with E-state index in [-0.39, 0.29) is 23.6 Å². The van der Waals surface area contributed by atoms with E-state index in [1.165, 1.54) is 18.4 Å². The Morgan fingerprint density at radius 1 is 1.21 bits per heavy atom. The molecule has 0 unspecified atom stereocenters. The molecule has 2 aromatic rings. The third-order valence-corrected chi connectivity index (χ3v) is 4.68. The zero-order valence-electron chi connectivity index (χ0n) is 13.6. The molecule has 0 amide bonds. The van der Waals surface area contributed by atoms with Crippen LogP contribution in [-0.4, -0.2) is 28.2 Å². The van der Waals surface area contributed by atoms with Gasteiger partial charge >= 0.3 is 5.97 Å². The Morgan fingerprint density at radius 3 is 2.58 bits per heavy atom.